The first-order valence-corrected chi connectivity index (χ1v) is 5.25. The normalized spacial score (nSPS) is 5.44. The first-order chi connectivity index (χ1) is 9.46. The molecule has 25 heavy (non-hydrogen) atoms. The molecule has 1 aromatic rings. The van der Waals surface area contributed by atoms with Crippen LogP contribution in [0.1, 0.15) is 44.4 Å². The third-order valence-electron chi connectivity index (χ3n) is 0.690. The van der Waals surface area contributed by atoms with Gasteiger partial charge in [0.1, 0.15) is 0 Å². The van der Waals surface area contributed by atoms with Gasteiger partial charge in [-0.2, -0.15) is 12.2 Å². The molecule has 1 amide bonds. The maximum atomic E-state index is 10.1. The van der Waals surface area contributed by atoms with Crippen molar-refractivity contribution in [3.05, 3.63) is 16.9 Å². The second-order valence-corrected chi connectivity index (χ2v) is 2.07. The maximum absolute atomic E-state index is 10.1. The fourth-order valence-corrected chi connectivity index (χ4v) is 0.228. The predicted molar refractivity (Wildman–Crippen MR) is 93.1 cm³/mol. The fraction of sp³-hybridized carbons (Fsp3) is 0.692. The van der Waals surface area contributed by atoms with Crippen molar-refractivity contribution in [2.24, 2.45) is 12.8 Å². The van der Waals surface area contributed by atoms with Crippen LogP contribution in [0.5, 0.6) is 0 Å². The minimum Gasteiger partial charge on any atom is -0.582 e. The summed E-state index contributed by atoms with van der Waals surface area (Å²) in [5.74, 6) is 0.486. The summed E-state index contributed by atoms with van der Waals surface area (Å²) < 4.78 is 11.4. The van der Waals surface area contributed by atoms with Crippen LogP contribution in [0.4, 0.5) is 0 Å². The van der Waals surface area contributed by atoms with Crippen LogP contribution in [0.2, 0.25) is 0 Å². The molecular weight excluding hydrogens is 578 g/mol. The van der Waals surface area contributed by atoms with Crippen LogP contribution in [-0.4, -0.2) is 35.5 Å². The molecule has 0 aliphatic carbocycles. The smallest absolute Gasteiger partial charge is 0.269 e. The van der Waals surface area contributed by atoms with Gasteiger partial charge in [0.05, 0.1) is 6.39 Å². The molecule has 0 atom stereocenters. The Kier molecular flexibility index (Phi) is 164. The van der Waals surface area contributed by atoms with Crippen LogP contribution in [0, 0.1) is 6.39 Å². The molecule has 0 aromatic carbocycles. The first-order valence-electron chi connectivity index (χ1n) is 5.58. The molecule has 0 fully saturated rings. The quantitative estimate of drug-likeness (QED) is 0.283. The molecule has 8 nitrogen and oxygen atoms in total. The van der Waals surface area contributed by atoms with Gasteiger partial charge < -0.3 is 41.5 Å². The Morgan fingerprint density at radius 3 is 1.64 bits per heavy atom. The molecule has 1 heterocycles. The van der Waals surface area contributed by atoms with E-state index in [1.165, 1.54) is 20.5 Å². The van der Waals surface area contributed by atoms with E-state index >= 15 is 0 Å². The Labute approximate surface area is 235 Å². The molecule has 0 spiro atoms. The van der Waals surface area contributed by atoms with Crippen LogP contribution in [-0.2, 0) is 115 Å². The molecule has 1 aromatic heterocycles. The molecule has 0 bridgehead atoms. The molecule has 147 valence electrons. The SMILES string of the molecule is C.C.C.CCN.CN[C-]=O.Cn1n[c-]oc1=O.O=[C-]Cl.[2H]CC.[Y].[Y].[Y]. The summed E-state index contributed by atoms with van der Waals surface area (Å²) in [5.41, 5.74) is 4.85. The molecule has 0 saturated carbocycles. The summed E-state index contributed by atoms with van der Waals surface area (Å²) in [4.78, 5) is 27.5. The summed E-state index contributed by atoms with van der Waals surface area (Å²) in [6.45, 7) is 4.94. The minimum absolute atomic E-state index is 0. The van der Waals surface area contributed by atoms with E-state index in [0.717, 1.165) is 17.0 Å². The van der Waals surface area contributed by atoms with Gasteiger partial charge >= 0.3 is 0 Å². The second kappa shape index (κ2) is 72.6. The van der Waals surface area contributed by atoms with Gasteiger partial charge in [-0.15, -0.1) is 0 Å². The second-order valence-electron chi connectivity index (χ2n) is 1.92. The van der Waals surface area contributed by atoms with E-state index in [1.807, 2.05) is 13.3 Å². The largest absolute Gasteiger partial charge is 0.582 e. The average Bonchev–Trinajstić information content (AvgIpc) is 2.77. The summed E-state index contributed by atoms with van der Waals surface area (Å²) in [6, 6.07) is 0. The zero-order chi connectivity index (χ0) is 16.8. The Morgan fingerprint density at radius 2 is 1.60 bits per heavy atom. The minimum atomic E-state index is -0.486. The van der Waals surface area contributed by atoms with E-state index in [1.54, 1.807) is 6.92 Å². The number of hydrogen-bond donors (Lipinski definition) is 2. The summed E-state index contributed by atoms with van der Waals surface area (Å²) >= 11 is 4.19. The number of nitrogens with one attached hydrogen (secondary N) is 1. The average molecular weight is 612 g/mol. The van der Waals surface area contributed by atoms with Crippen molar-refractivity contribution in [2.45, 2.75) is 43.0 Å². The number of rotatable bonds is 1. The van der Waals surface area contributed by atoms with E-state index in [-0.39, 0.29) is 120 Å². The van der Waals surface area contributed by atoms with Gasteiger partial charge in [0.15, 0.2) is 0 Å². The number of halogens is 1. The van der Waals surface area contributed by atoms with Gasteiger partial charge in [0.2, 0.25) is 0 Å². The van der Waals surface area contributed by atoms with Crippen molar-refractivity contribution in [3.63, 3.8) is 0 Å². The number of amides is 1. The Balaban J connectivity index is -0.0000000153. The molecule has 0 aliphatic heterocycles. The number of hydrogen-bond acceptors (Lipinski definition) is 6. The number of aryl methyl sites for hydroxylation is 1. The van der Waals surface area contributed by atoms with E-state index < -0.39 is 5.76 Å². The van der Waals surface area contributed by atoms with Gasteiger partial charge in [0, 0.05) is 107 Å². The van der Waals surface area contributed by atoms with E-state index in [2.05, 4.69) is 26.4 Å². The van der Waals surface area contributed by atoms with Gasteiger partial charge in [-0.3, -0.25) is 9.78 Å². The summed E-state index contributed by atoms with van der Waals surface area (Å²) in [5, 5.41) is 5.45. The van der Waals surface area contributed by atoms with Crippen molar-refractivity contribution in [2.75, 3.05) is 13.6 Å². The zero-order valence-electron chi connectivity index (χ0n) is 14.1. The van der Waals surface area contributed by atoms with Crippen molar-refractivity contribution in [3.8, 4) is 0 Å². The molecule has 1 rings (SSSR count). The van der Waals surface area contributed by atoms with Gasteiger partial charge in [0.25, 0.3) is 5.76 Å². The molecule has 0 unspecified atom stereocenters. The standard InChI is InChI=1S/C3H3N2O2.C2H4NO.C2H7N.C2H6.CClO.3CH4.3Y/c1-5-3(6)7-2-4-5;1-3-2-4;1-2-3;1-2;2-1-3;;;;;;/h1H3;1H3,(H,3,4);2-3H2,1H3;1-2H3;;3*1H4;;;/q2*-1;;;-1;;;;;;/i;;;1D;;;;;;;. The number of nitrogens with two attached hydrogens (primary N) is 1. The predicted octanol–water partition coefficient (Wildman–Crippen LogP) is 1.63. The monoisotopic (exact) mass is 611 g/mol. The van der Waals surface area contributed by atoms with Crippen LogP contribution in [0.3, 0.4) is 0 Å². The molecular formula is C13H32ClN4O4Y3-3. The molecule has 12 heteroatoms. The van der Waals surface area contributed by atoms with Crippen molar-refractivity contribution < 1.29 is 114 Å². The third kappa shape index (κ3) is 89.7. The van der Waals surface area contributed by atoms with Crippen molar-refractivity contribution >= 4 is 23.8 Å². The van der Waals surface area contributed by atoms with Crippen LogP contribution < -0.4 is 16.8 Å². The number of nitrogens with zero attached hydrogens (tertiary/aromatic N) is 2. The molecule has 3 radical (unpaired) electrons. The van der Waals surface area contributed by atoms with E-state index in [4.69, 9.17) is 16.7 Å². The zero-order valence-corrected chi connectivity index (χ0v) is 22.4. The summed E-state index contributed by atoms with van der Waals surface area (Å²) in [6.07, 6.45) is 3.45. The number of carbonyl (C=O) groups excluding carboxylic acids is 2. The fourth-order valence-electron chi connectivity index (χ4n) is 0.228. The Hall–Kier alpha value is 1.64. The van der Waals surface area contributed by atoms with Crippen LogP contribution in [0.25, 0.3) is 0 Å². The van der Waals surface area contributed by atoms with Crippen molar-refractivity contribution in [1.29, 1.82) is 0 Å². The topological polar surface area (TPSA) is 120 Å². The Bertz CT molecular complexity index is 347. The first kappa shape index (κ1) is 56.3. The maximum Gasteiger partial charge on any atom is 0.269 e. The third-order valence-corrected chi connectivity index (χ3v) is 0.690. The van der Waals surface area contributed by atoms with Crippen LogP contribution >= 0.6 is 11.6 Å². The number of aromatic nitrogens is 2. The Morgan fingerprint density at radius 1 is 1.36 bits per heavy atom. The van der Waals surface area contributed by atoms with Crippen LogP contribution in [0.15, 0.2) is 9.21 Å². The molecule has 3 N–H and O–H groups in total. The van der Waals surface area contributed by atoms with Gasteiger partial charge in [-0.25, -0.2) is 0 Å². The summed E-state index contributed by atoms with van der Waals surface area (Å²) in [7, 11) is 3.00. The molecule has 0 saturated heterocycles. The molecule has 0 aliphatic rings. The van der Waals surface area contributed by atoms with E-state index in [9.17, 15) is 4.79 Å². The van der Waals surface area contributed by atoms with E-state index in [0.29, 0.717) is 6.90 Å². The van der Waals surface area contributed by atoms with Gasteiger partial charge in [-0.1, -0.05) is 43.0 Å². The van der Waals surface area contributed by atoms with Crippen molar-refractivity contribution in [1.82, 2.24) is 15.1 Å². The van der Waals surface area contributed by atoms with Gasteiger partial charge in [-0.05, 0) is 13.6 Å².